The van der Waals surface area contributed by atoms with E-state index in [1.165, 1.54) is 0 Å². The Hall–Kier alpha value is -0.610. The predicted molar refractivity (Wildman–Crippen MR) is 89.2 cm³/mol. The minimum Gasteiger partial charge on any atom is -0.322 e. The number of rotatable bonds is 9. The number of amides is 1. The largest absolute Gasteiger partial charge is 0.322 e. The van der Waals surface area contributed by atoms with Crippen molar-refractivity contribution in [2.24, 2.45) is 5.92 Å². The summed E-state index contributed by atoms with van der Waals surface area (Å²) in [6.07, 6.45) is 5.51. The first kappa shape index (κ1) is 18.4. The van der Waals surface area contributed by atoms with Gasteiger partial charge in [0.25, 0.3) is 0 Å². The lowest BCUT2D eigenvalue weighted by atomic mass is 10.0. The summed E-state index contributed by atoms with van der Waals surface area (Å²) in [5.41, 5.74) is 0. The Morgan fingerprint density at radius 1 is 1.29 bits per heavy atom. The fourth-order valence-electron chi connectivity index (χ4n) is 3.32. The second-order valence-electron chi connectivity index (χ2n) is 7.08. The van der Waals surface area contributed by atoms with Crippen molar-refractivity contribution in [3.63, 3.8) is 0 Å². The highest BCUT2D eigenvalue weighted by Crippen LogP contribution is 2.24. The molecule has 1 aliphatic heterocycles. The highest BCUT2D eigenvalue weighted by Gasteiger charge is 2.41. The second kappa shape index (κ2) is 8.74. The number of unbranched alkanes of at least 4 members (excludes halogenated alkanes) is 1. The number of nitrogens with zero attached hydrogens (tertiary/aromatic N) is 2. The summed E-state index contributed by atoms with van der Waals surface area (Å²) in [7, 11) is 4.19. The molecule has 1 heterocycles. The van der Waals surface area contributed by atoms with Gasteiger partial charge in [-0.1, -0.05) is 40.5 Å². The molecule has 3 unspecified atom stereocenters. The third kappa shape index (κ3) is 5.26. The predicted octanol–water partition coefficient (Wildman–Crippen LogP) is 2.69. The number of carbonyl (C=O) groups excluding carboxylic acids is 1. The number of carbonyl (C=O) groups is 1. The molecule has 1 fully saturated rings. The van der Waals surface area contributed by atoms with Gasteiger partial charge in [-0.05, 0) is 39.3 Å². The van der Waals surface area contributed by atoms with Gasteiger partial charge in [0.1, 0.15) is 0 Å². The summed E-state index contributed by atoms with van der Waals surface area (Å²) < 4.78 is 0. The summed E-state index contributed by atoms with van der Waals surface area (Å²) in [6.45, 7) is 9.78. The SMILES string of the molecule is CCCCC1NC(CC)N(C(CC(C)C)CN(C)C)C1=O. The van der Waals surface area contributed by atoms with Gasteiger partial charge >= 0.3 is 0 Å². The van der Waals surface area contributed by atoms with Crippen molar-refractivity contribution in [3.8, 4) is 0 Å². The molecule has 1 N–H and O–H groups in total. The van der Waals surface area contributed by atoms with Crippen LogP contribution in [0.25, 0.3) is 0 Å². The van der Waals surface area contributed by atoms with Crippen molar-refractivity contribution >= 4 is 5.91 Å². The standard InChI is InChI=1S/C17H35N3O/c1-7-9-10-15-17(21)20(16(8-2)18-15)14(11-13(3)4)12-19(5)6/h13-16,18H,7-12H2,1-6H3. The van der Waals surface area contributed by atoms with Crippen LogP contribution in [0.15, 0.2) is 0 Å². The summed E-state index contributed by atoms with van der Waals surface area (Å²) >= 11 is 0. The van der Waals surface area contributed by atoms with Crippen LogP contribution in [0.1, 0.15) is 59.8 Å². The number of nitrogens with one attached hydrogen (secondary N) is 1. The molecule has 0 aromatic heterocycles. The number of likely N-dealkylation sites (N-methyl/N-ethyl adjacent to an activating group) is 1. The van der Waals surface area contributed by atoms with Crippen molar-refractivity contribution < 1.29 is 4.79 Å². The Morgan fingerprint density at radius 3 is 2.43 bits per heavy atom. The van der Waals surface area contributed by atoms with E-state index in [1.807, 2.05) is 0 Å². The van der Waals surface area contributed by atoms with Crippen molar-refractivity contribution in [2.75, 3.05) is 20.6 Å². The fourth-order valence-corrected chi connectivity index (χ4v) is 3.32. The van der Waals surface area contributed by atoms with Crippen LogP contribution < -0.4 is 5.32 Å². The molecule has 0 bridgehead atoms. The quantitative estimate of drug-likeness (QED) is 0.711. The Balaban J connectivity index is 2.84. The molecule has 4 nitrogen and oxygen atoms in total. The van der Waals surface area contributed by atoms with Gasteiger partial charge in [0.2, 0.25) is 5.91 Å². The minimum absolute atomic E-state index is 0.0340. The van der Waals surface area contributed by atoms with Crippen molar-refractivity contribution in [1.82, 2.24) is 15.1 Å². The average molecular weight is 297 g/mol. The molecule has 0 radical (unpaired) electrons. The maximum absolute atomic E-state index is 12.8. The number of hydrogen-bond acceptors (Lipinski definition) is 3. The van der Waals surface area contributed by atoms with Crippen LogP contribution in [0.3, 0.4) is 0 Å². The van der Waals surface area contributed by atoms with Crippen molar-refractivity contribution in [3.05, 3.63) is 0 Å². The smallest absolute Gasteiger partial charge is 0.241 e. The molecule has 1 aliphatic rings. The molecular formula is C17H35N3O. The van der Waals surface area contributed by atoms with Gasteiger partial charge in [0.15, 0.2) is 0 Å². The molecule has 4 heteroatoms. The monoisotopic (exact) mass is 297 g/mol. The molecule has 3 atom stereocenters. The minimum atomic E-state index is 0.0340. The highest BCUT2D eigenvalue weighted by molar-refractivity contribution is 5.84. The van der Waals surface area contributed by atoms with Gasteiger partial charge in [-0.3, -0.25) is 10.1 Å². The first-order valence-corrected chi connectivity index (χ1v) is 8.63. The van der Waals surface area contributed by atoms with E-state index in [4.69, 9.17) is 0 Å². The molecule has 124 valence electrons. The van der Waals surface area contributed by atoms with Crippen molar-refractivity contribution in [2.45, 2.75) is 78.0 Å². The van der Waals surface area contributed by atoms with Crippen LogP contribution in [0.5, 0.6) is 0 Å². The summed E-state index contributed by atoms with van der Waals surface area (Å²) in [4.78, 5) is 17.2. The Labute approximate surface area is 131 Å². The van der Waals surface area contributed by atoms with E-state index in [2.05, 4.69) is 56.9 Å². The third-order valence-corrected chi connectivity index (χ3v) is 4.23. The van der Waals surface area contributed by atoms with Gasteiger partial charge in [-0.15, -0.1) is 0 Å². The zero-order valence-electron chi connectivity index (χ0n) is 14.9. The Bertz CT molecular complexity index is 307. The maximum atomic E-state index is 12.8. The third-order valence-electron chi connectivity index (χ3n) is 4.23. The summed E-state index contributed by atoms with van der Waals surface area (Å²) in [6, 6.07) is 0.350. The van der Waals surface area contributed by atoms with E-state index >= 15 is 0 Å². The van der Waals surface area contributed by atoms with Crippen LogP contribution in [0.4, 0.5) is 0 Å². The van der Waals surface area contributed by atoms with E-state index in [0.29, 0.717) is 17.9 Å². The lowest BCUT2D eigenvalue weighted by Crippen LogP contribution is -2.49. The number of hydrogen-bond donors (Lipinski definition) is 1. The second-order valence-corrected chi connectivity index (χ2v) is 7.08. The highest BCUT2D eigenvalue weighted by atomic mass is 16.2. The topological polar surface area (TPSA) is 35.6 Å². The molecule has 1 amide bonds. The molecule has 0 aromatic rings. The molecule has 1 rings (SSSR count). The first-order valence-electron chi connectivity index (χ1n) is 8.63. The van der Waals surface area contributed by atoms with Crippen LogP contribution in [0, 0.1) is 5.92 Å². The molecular weight excluding hydrogens is 262 g/mol. The van der Waals surface area contributed by atoms with Crippen LogP contribution in [-0.2, 0) is 4.79 Å². The van der Waals surface area contributed by atoms with Crippen LogP contribution in [0.2, 0.25) is 0 Å². The summed E-state index contributed by atoms with van der Waals surface area (Å²) in [5, 5.41) is 3.56. The van der Waals surface area contributed by atoms with Gasteiger partial charge in [0.05, 0.1) is 12.2 Å². The van der Waals surface area contributed by atoms with E-state index in [-0.39, 0.29) is 12.2 Å². The van der Waals surface area contributed by atoms with E-state index < -0.39 is 0 Å². The lowest BCUT2D eigenvalue weighted by Gasteiger charge is -2.35. The average Bonchev–Trinajstić information content (AvgIpc) is 2.71. The van der Waals surface area contributed by atoms with Gasteiger partial charge in [-0.25, -0.2) is 0 Å². The van der Waals surface area contributed by atoms with Crippen LogP contribution in [-0.4, -0.2) is 54.6 Å². The molecule has 0 aliphatic carbocycles. The van der Waals surface area contributed by atoms with Crippen molar-refractivity contribution in [1.29, 1.82) is 0 Å². The maximum Gasteiger partial charge on any atom is 0.241 e. The lowest BCUT2D eigenvalue weighted by molar-refractivity contribution is -0.133. The molecule has 0 saturated carbocycles. The van der Waals surface area contributed by atoms with Gasteiger partial charge in [-0.2, -0.15) is 0 Å². The van der Waals surface area contributed by atoms with Gasteiger partial charge in [0, 0.05) is 12.6 Å². The first-order chi connectivity index (χ1) is 9.90. The Morgan fingerprint density at radius 2 is 1.95 bits per heavy atom. The van der Waals surface area contributed by atoms with E-state index in [1.54, 1.807) is 0 Å². The van der Waals surface area contributed by atoms with E-state index in [9.17, 15) is 4.79 Å². The molecule has 0 aromatic carbocycles. The zero-order chi connectivity index (χ0) is 16.0. The molecule has 21 heavy (non-hydrogen) atoms. The molecule has 0 spiro atoms. The fraction of sp³-hybridized carbons (Fsp3) is 0.941. The normalized spacial score (nSPS) is 24.4. The Kier molecular flexibility index (Phi) is 7.67. The summed E-state index contributed by atoms with van der Waals surface area (Å²) in [5.74, 6) is 0.928. The van der Waals surface area contributed by atoms with E-state index in [0.717, 1.165) is 38.6 Å². The molecule has 1 saturated heterocycles. The zero-order valence-corrected chi connectivity index (χ0v) is 14.9. The van der Waals surface area contributed by atoms with Crippen LogP contribution >= 0.6 is 0 Å². The van der Waals surface area contributed by atoms with Gasteiger partial charge < -0.3 is 9.80 Å².